The van der Waals surface area contributed by atoms with Crippen molar-refractivity contribution >= 4 is 68.9 Å². The van der Waals surface area contributed by atoms with Crippen molar-refractivity contribution in [2.45, 2.75) is 0 Å². The van der Waals surface area contributed by atoms with Gasteiger partial charge < -0.3 is 50.8 Å². The SMILES string of the molecule is O=[Si](O)O.O=[Si](O)O.O=[Si](O)O.O=[Si](O)O.O=[Si](O)O.[H-].[H-].[Mg+2]. The molecule has 0 aliphatic carbocycles. The van der Waals surface area contributed by atoms with Crippen molar-refractivity contribution in [2.75, 3.05) is 0 Å². The van der Waals surface area contributed by atoms with Gasteiger partial charge in [-0.3, -0.25) is 22.3 Å². The molecule has 0 aromatic carbocycles. The molecule has 0 heterocycles. The van der Waals surface area contributed by atoms with Crippen molar-refractivity contribution in [3.8, 4) is 0 Å². The molecule has 124 valence electrons. The summed E-state index contributed by atoms with van der Waals surface area (Å²) in [6, 6.07) is 0. The van der Waals surface area contributed by atoms with Crippen LogP contribution in [0.2, 0.25) is 0 Å². The number of rotatable bonds is 0. The first-order valence-corrected chi connectivity index (χ1v) is 9.77. The Bertz CT molecular complexity index is 217. The van der Waals surface area contributed by atoms with Gasteiger partial charge in [0.15, 0.2) is 0 Å². The topological polar surface area (TPSA) is 288 Å². The van der Waals surface area contributed by atoms with Crippen LogP contribution in [0.4, 0.5) is 0 Å². The summed E-state index contributed by atoms with van der Waals surface area (Å²) >= 11 is 0. The zero-order valence-electron chi connectivity index (χ0n) is 11.7. The summed E-state index contributed by atoms with van der Waals surface area (Å²) in [6.45, 7) is 0. The second-order valence-corrected chi connectivity index (χ2v) is 4.24. The van der Waals surface area contributed by atoms with Gasteiger partial charge in [-0.2, -0.15) is 0 Å². The Morgan fingerprint density at radius 1 is 0.381 bits per heavy atom. The van der Waals surface area contributed by atoms with E-state index in [1.165, 1.54) is 0 Å². The van der Waals surface area contributed by atoms with E-state index in [-0.39, 0.29) is 25.9 Å². The van der Waals surface area contributed by atoms with Gasteiger partial charge in [-0.1, -0.05) is 0 Å². The average molecular weight is 417 g/mol. The molecule has 21 heavy (non-hydrogen) atoms. The maximum atomic E-state index is 8.74. The Balaban J connectivity index is -0.0000000197. The smallest absolute Gasteiger partial charge is 1.00 e. The maximum Gasteiger partial charge on any atom is 2.00 e. The maximum absolute atomic E-state index is 8.74. The molecule has 15 nitrogen and oxygen atoms in total. The normalized spacial score (nSPS) is 5.71. The summed E-state index contributed by atoms with van der Waals surface area (Å²) in [5.41, 5.74) is 0. The van der Waals surface area contributed by atoms with Crippen molar-refractivity contribution in [1.82, 2.24) is 0 Å². The second-order valence-electron chi connectivity index (χ2n) is 1.41. The third-order valence-electron chi connectivity index (χ3n) is 0. The molecule has 0 fully saturated rings. The van der Waals surface area contributed by atoms with Gasteiger partial charge in [-0.15, -0.1) is 0 Å². The van der Waals surface area contributed by atoms with Crippen molar-refractivity contribution in [1.29, 1.82) is 0 Å². The first-order chi connectivity index (χ1) is 8.66. The van der Waals surface area contributed by atoms with E-state index < -0.39 is 45.9 Å². The minimum absolute atomic E-state index is 0. The van der Waals surface area contributed by atoms with E-state index in [0.717, 1.165) is 0 Å². The van der Waals surface area contributed by atoms with Gasteiger partial charge in [-0.25, -0.2) is 0 Å². The molecule has 0 radical (unpaired) electrons. The molecule has 0 aliphatic heterocycles. The molecule has 0 spiro atoms. The van der Waals surface area contributed by atoms with Crippen molar-refractivity contribution in [2.24, 2.45) is 0 Å². The Morgan fingerprint density at radius 2 is 0.381 bits per heavy atom. The summed E-state index contributed by atoms with van der Waals surface area (Å²) in [7, 11) is -15.6. The molecule has 21 heteroatoms. The second kappa shape index (κ2) is 31.3. The predicted molar refractivity (Wildman–Crippen MR) is 62.4 cm³/mol. The molecule has 0 bridgehead atoms. The number of hydrogen-bond acceptors (Lipinski definition) is 5. The largest absolute Gasteiger partial charge is 2.00 e. The van der Waals surface area contributed by atoms with Crippen LogP contribution in [0.15, 0.2) is 0 Å². The molecule has 0 aromatic heterocycles. The fourth-order valence-electron chi connectivity index (χ4n) is 0. The summed E-state index contributed by atoms with van der Waals surface area (Å²) in [4.78, 5) is 71.6. The molecule has 0 saturated heterocycles. The van der Waals surface area contributed by atoms with Crippen LogP contribution in [-0.2, 0) is 22.3 Å². The van der Waals surface area contributed by atoms with Gasteiger partial charge in [0.1, 0.15) is 0 Å². The van der Waals surface area contributed by atoms with Gasteiger partial charge in [0, 0.05) is 0 Å². The van der Waals surface area contributed by atoms with Gasteiger partial charge in [0.05, 0.1) is 0 Å². The van der Waals surface area contributed by atoms with E-state index in [0.29, 0.717) is 0 Å². The van der Waals surface area contributed by atoms with Gasteiger partial charge in [0.25, 0.3) is 0 Å². The molecule has 0 aromatic rings. The zero-order chi connectivity index (χ0) is 17.9. The fourth-order valence-corrected chi connectivity index (χ4v) is 0. The van der Waals surface area contributed by atoms with Crippen LogP contribution < -0.4 is 0 Å². The van der Waals surface area contributed by atoms with Gasteiger partial charge in [0.2, 0.25) is 0 Å². The van der Waals surface area contributed by atoms with Crippen molar-refractivity contribution < 1.29 is 73.1 Å². The van der Waals surface area contributed by atoms with Crippen LogP contribution in [0.25, 0.3) is 0 Å². The quantitative estimate of drug-likeness (QED) is 0.164. The first-order valence-electron chi connectivity index (χ1n) is 3.26. The fraction of sp³-hybridized carbons (Fsp3) is 0. The Hall–Kier alpha value is -1.15. The van der Waals surface area contributed by atoms with Crippen LogP contribution in [0.5, 0.6) is 0 Å². The van der Waals surface area contributed by atoms with Crippen LogP contribution in [-0.4, -0.2) is 117 Å². The van der Waals surface area contributed by atoms with E-state index >= 15 is 0 Å². The van der Waals surface area contributed by atoms with E-state index in [4.69, 9.17) is 70.3 Å². The Morgan fingerprint density at radius 3 is 0.381 bits per heavy atom. The van der Waals surface area contributed by atoms with Crippen LogP contribution in [0.3, 0.4) is 0 Å². The van der Waals surface area contributed by atoms with Crippen molar-refractivity contribution in [3.63, 3.8) is 0 Å². The van der Waals surface area contributed by atoms with Crippen LogP contribution in [0.1, 0.15) is 2.85 Å². The number of hydrogen-bond donors (Lipinski definition) is 10. The predicted octanol–water partition coefficient (Wildman–Crippen LogP) is -8.22. The molecule has 0 amide bonds. The standard InChI is InChI=1S/Mg.5H2O3Si.2H/c;5*1-4(2)3;;/h;5*1-2H;;/q+2;;;;;;2*-1. The van der Waals surface area contributed by atoms with E-state index in [1.54, 1.807) is 0 Å². The van der Waals surface area contributed by atoms with E-state index in [1.807, 2.05) is 0 Å². The Kier molecular flexibility index (Phi) is 54.8. The summed E-state index contributed by atoms with van der Waals surface area (Å²) in [5, 5.41) is 0. The summed E-state index contributed by atoms with van der Waals surface area (Å²) in [5.74, 6) is 0. The molecule has 0 rings (SSSR count). The molecular weight excluding hydrogens is 405 g/mol. The third-order valence-corrected chi connectivity index (χ3v) is 0. The molecule has 0 atom stereocenters. The summed E-state index contributed by atoms with van der Waals surface area (Å²) in [6.07, 6.45) is 0. The third kappa shape index (κ3) is 4050. The molecule has 0 saturated carbocycles. The summed E-state index contributed by atoms with van der Waals surface area (Å²) < 4.78 is 43.7. The monoisotopic (exact) mass is 416 g/mol. The molecule has 10 N–H and O–H groups in total. The first kappa shape index (κ1) is 36.8. The Labute approximate surface area is 142 Å². The zero-order valence-corrected chi connectivity index (χ0v) is 16.1. The average Bonchev–Trinajstić information content (AvgIpc) is 1.94. The molecule has 0 unspecified atom stereocenters. The van der Waals surface area contributed by atoms with Crippen LogP contribution >= 0.6 is 0 Å². The van der Waals surface area contributed by atoms with E-state index in [2.05, 4.69) is 0 Å². The minimum Gasteiger partial charge on any atom is -1.00 e. The molecular formula is H12MgO15Si5. The van der Waals surface area contributed by atoms with Gasteiger partial charge >= 0.3 is 68.9 Å². The van der Waals surface area contributed by atoms with Crippen LogP contribution in [0, 0.1) is 0 Å². The van der Waals surface area contributed by atoms with Crippen molar-refractivity contribution in [3.05, 3.63) is 0 Å². The van der Waals surface area contributed by atoms with Gasteiger partial charge in [-0.05, 0) is 0 Å². The van der Waals surface area contributed by atoms with E-state index in [9.17, 15) is 0 Å². The minimum atomic E-state index is -3.13. The molecule has 0 aliphatic rings.